The highest BCUT2D eigenvalue weighted by Gasteiger charge is 2.48. The summed E-state index contributed by atoms with van der Waals surface area (Å²) >= 11 is 0. The van der Waals surface area contributed by atoms with Crippen molar-refractivity contribution < 1.29 is 33.6 Å². The minimum absolute atomic E-state index is 0.0550. The zero-order valence-electron chi connectivity index (χ0n) is 30.9. The highest BCUT2D eigenvalue weighted by molar-refractivity contribution is 5.71. The standard InChI is InChI=1S/C39H48N6O8/c1-25(2)22-40-38-42-35-32(36(47)43-38)41-24-45(35)37-34(50-20-21-52-44(3)4)33(46)31(53-37)23-51-39(26-10-8-7-9-11-26,27-12-16-29(48-5)17-13-27)28-14-18-30(49-6)19-15-28/h7-19,24-25,31,33-34,37,46H,20-23H2,1-6H3,(H2,40,42,43,47)/t31-,33-,34-,37-/m1/s1. The Bertz CT molecular complexity index is 1920. The number of aliphatic hydroxyl groups is 1. The summed E-state index contributed by atoms with van der Waals surface area (Å²) in [4.78, 5) is 30.4. The summed E-state index contributed by atoms with van der Waals surface area (Å²) in [6.45, 7) is 5.05. The van der Waals surface area contributed by atoms with Gasteiger partial charge in [0.2, 0.25) is 5.95 Å². The van der Waals surface area contributed by atoms with E-state index in [2.05, 4.69) is 34.1 Å². The van der Waals surface area contributed by atoms with Gasteiger partial charge >= 0.3 is 0 Å². The molecule has 6 rings (SSSR count). The Balaban J connectivity index is 1.38. The van der Waals surface area contributed by atoms with Crippen molar-refractivity contribution in [2.75, 3.05) is 60.0 Å². The second-order valence-corrected chi connectivity index (χ2v) is 13.4. The predicted molar refractivity (Wildman–Crippen MR) is 199 cm³/mol. The first-order valence-corrected chi connectivity index (χ1v) is 17.6. The van der Waals surface area contributed by atoms with Gasteiger partial charge in [-0.3, -0.25) is 19.2 Å². The number of nitrogens with zero attached hydrogens (tertiary/aromatic N) is 4. The summed E-state index contributed by atoms with van der Waals surface area (Å²) in [7, 11) is 6.80. The van der Waals surface area contributed by atoms with Crippen molar-refractivity contribution >= 4 is 17.1 Å². The summed E-state index contributed by atoms with van der Waals surface area (Å²) in [5.74, 6) is 2.02. The first-order chi connectivity index (χ1) is 25.6. The molecule has 14 nitrogen and oxygen atoms in total. The molecule has 1 fully saturated rings. The highest BCUT2D eigenvalue weighted by Crippen LogP contribution is 2.43. The van der Waals surface area contributed by atoms with Gasteiger partial charge in [0.15, 0.2) is 17.4 Å². The average Bonchev–Trinajstić information content (AvgIpc) is 3.74. The third-order valence-corrected chi connectivity index (χ3v) is 9.08. The number of aliphatic hydroxyl groups excluding tert-OH is 1. The highest BCUT2D eigenvalue weighted by atomic mass is 16.7. The number of H-pyrrole nitrogens is 1. The van der Waals surface area contributed by atoms with Crippen LogP contribution in [0.25, 0.3) is 11.2 Å². The van der Waals surface area contributed by atoms with Gasteiger partial charge in [-0.15, -0.1) is 0 Å². The Morgan fingerprint density at radius 1 is 0.943 bits per heavy atom. The fourth-order valence-electron chi connectivity index (χ4n) is 6.44. The molecule has 0 spiro atoms. The van der Waals surface area contributed by atoms with Crippen molar-refractivity contribution in [1.29, 1.82) is 0 Å². The van der Waals surface area contributed by atoms with Crippen molar-refractivity contribution in [1.82, 2.24) is 24.6 Å². The third kappa shape index (κ3) is 8.23. The number of fused-ring (bicyclic) bond motifs is 1. The minimum atomic E-state index is -1.16. The van der Waals surface area contributed by atoms with Gasteiger partial charge in [-0.25, -0.2) is 4.98 Å². The van der Waals surface area contributed by atoms with Gasteiger partial charge < -0.3 is 34.1 Å². The Morgan fingerprint density at radius 2 is 1.57 bits per heavy atom. The van der Waals surface area contributed by atoms with E-state index in [-0.39, 0.29) is 31.0 Å². The molecule has 3 N–H and O–H groups in total. The Hall–Kier alpha value is -4.83. The normalized spacial score (nSPS) is 19.0. The van der Waals surface area contributed by atoms with E-state index in [1.165, 1.54) is 6.33 Å². The van der Waals surface area contributed by atoms with E-state index in [1.54, 1.807) is 37.9 Å². The molecule has 4 atom stereocenters. The van der Waals surface area contributed by atoms with Gasteiger partial charge in [0.05, 0.1) is 40.4 Å². The summed E-state index contributed by atoms with van der Waals surface area (Å²) in [6, 6.07) is 25.3. The summed E-state index contributed by atoms with van der Waals surface area (Å²) in [5.41, 5.74) is 1.39. The van der Waals surface area contributed by atoms with E-state index < -0.39 is 35.7 Å². The molecule has 1 aliphatic rings. The lowest BCUT2D eigenvalue weighted by atomic mass is 9.80. The molecule has 0 radical (unpaired) electrons. The number of methoxy groups -OCH3 is 2. The molecule has 5 aromatic rings. The summed E-state index contributed by atoms with van der Waals surface area (Å²) in [5, 5.41) is 16.7. The lowest BCUT2D eigenvalue weighted by Crippen LogP contribution is -2.40. The molecule has 0 bridgehead atoms. The van der Waals surface area contributed by atoms with Crippen LogP contribution in [0.3, 0.4) is 0 Å². The van der Waals surface area contributed by atoms with Gasteiger partial charge in [-0.1, -0.05) is 68.4 Å². The number of hydrogen-bond donors (Lipinski definition) is 3. The Labute approximate surface area is 308 Å². The zero-order valence-corrected chi connectivity index (χ0v) is 30.9. The topological polar surface area (TPSA) is 154 Å². The molecule has 53 heavy (non-hydrogen) atoms. The molecule has 282 valence electrons. The Morgan fingerprint density at radius 3 is 2.15 bits per heavy atom. The maximum absolute atomic E-state index is 13.1. The largest absolute Gasteiger partial charge is 0.497 e. The predicted octanol–water partition coefficient (Wildman–Crippen LogP) is 4.35. The number of hydroxylamine groups is 2. The van der Waals surface area contributed by atoms with Gasteiger partial charge in [0, 0.05) is 20.6 Å². The molecule has 0 amide bonds. The summed E-state index contributed by atoms with van der Waals surface area (Å²) < 4.78 is 32.6. The number of imidazole rings is 1. The van der Waals surface area contributed by atoms with Crippen LogP contribution in [0.5, 0.6) is 11.5 Å². The van der Waals surface area contributed by atoms with Crippen molar-refractivity contribution in [2.24, 2.45) is 5.92 Å². The fraction of sp³-hybridized carbons (Fsp3) is 0.410. The van der Waals surface area contributed by atoms with Crippen molar-refractivity contribution in [3.8, 4) is 11.5 Å². The number of hydrogen-bond acceptors (Lipinski definition) is 12. The molecule has 1 saturated heterocycles. The van der Waals surface area contributed by atoms with Crippen molar-refractivity contribution in [3.05, 3.63) is 112 Å². The molecule has 3 heterocycles. The molecule has 14 heteroatoms. The number of benzene rings is 3. The molecule has 1 aliphatic heterocycles. The maximum Gasteiger partial charge on any atom is 0.280 e. The van der Waals surface area contributed by atoms with Crippen LogP contribution in [0.15, 0.2) is 90.0 Å². The molecular weight excluding hydrogens is 680 g/mol. The lowest BCUT2D eigenvalue weighted by Gasteiger charge is -2.37. The molecular formula is C39H48N6O8. The Kier molecular flexibility index (Phi) is 12.1. The quantitative estimate of drug-likeness (QED) is 0.0709. The summed E-state index contributed by atoms with van der Waals surface area (Å²) in [6.07, 6.45) is -2.36. The zero-order chi connectivity index (χ0) is 37.5. The number of ether oxygens (including phenoxy) is 5. The van der Waals surface area contributed by atoms with E-state index in [0.717, 1.165) is 16.7 Å². The number of nitrogens with one attached hydrogen (secondary N) is 2. The van der Waals surface area contributed by atoms with E-state index in [1.807, 2.05) is 78.9 Å². The lowest BCUT2D eigenvalue weighted by molar-refractivity contribution is -0.150. The minimum Gasteiger partial charge on any atom is -0.497 e. The molecule has 3 aromatic carbocycles. The number of aromatic amines is 1. The van der Waals surface area contributed by atoms with Gasteiger partial charge in [-0.2, -0.15) is 10.0 Å². The molecule has 0 aliphatic carbocycles. The van der Waals surface area contributed by atoms with E-state index in [9.17, 15) is 9.90 Å². The van der Waals surface area contributed by atoms with Crippen LogP contribution in [0.2, 0.25) is 0 Å². The van der Waals surface area contributed by atoms with Crippen LogP contribution in [0, 0.1) is 5.92 Å². The second-order valence-electron chi connectivity index (χ2n) is 13.4. The van der Waals surface area contributed by atoms with Crippen LogP contribution >= 0.6 is 0 Å². The van der Waals surface area contributed by atoms with Crippen LogP contribution in [-0.4, -0.2) is 103 Å². The average molecular weight is 729 g/mol. The van der Waals surface area contributed by atoms with Crippen molar-refractivity contribution in [2.45, 2.75) is 44.0 Å². The smallest absolute Gasteiger partial charge is 0.280 e. The van der Waals surface area contributed by atoms with Gasteiger partial charge in [0.1, 0.15) is 35.4 Å². The third-order valence-electron chi connectivity index (χ3n) is 9.08. The van der Waals surface area contributed by atoms with Gasteiger partial charge in [0.25, 0.3) is 5.56 Å². The first-order valence-electron chi connectivity index (χ1n) is 17.6. The fourth-order valence-corrected chi connectivity index (χ4v) is 6.44. The van der Waals surface area contributed by atoms with E-state index in [4.69, 9.17) is 28.5 Å². The second kappa shape index (κ2) is 16.9. The monoisotopic (exact) mass is 728 g/mol. The van der Waals surface area contributed by atoms with Crippen LogP contribution < -0.4 is 20.3 Å². The van der Waals surface area contributed by atoms with E-state index in [0.29, 0.717) is 29.9 Å². The van der Waals surface area contributed by atoms with Crippen LogP contribution in [-0.2, 0) is 24.6 Å². The molecule has 0 saturated carbocycles. The molecule has 2 aromatic heterocycles. The number of rotatable bonds is 17. The first kappa shape index (κ1) is 37.9. The molecule has 0 unspecified atom stereocenters. The number of anilines is 1. The number of aromatic nitrogens is 4. The SMILES string of the molecule is COc1ccc(C(OC[C@H]2O[C@@H](n3cnc4c(=O)[nH]c(NCC(C)C)nc43)[C@H](OCCON(C)C)[C@@H]2O)(c2ccccc2)c2ccc(OC)cc2)cc1. The van der Waals surface area contributed by atoms with Crippen LogP contribution in [0.1, 0.15) is 36.8 Å². The van der Waals surface area contributed by atoms with Crippen LogP contribution in [0.4, 0.5) is 5.95 Å². The maximum atomic E-state index is 13.1. The van der Waals surface area contributed by atoms with E-state index >= 15 is 0 Å². The van der Waals surface area contributed by atoms with Gasteiger partial charge in [-0.05, 0) is 46.9 Å². The van der Waals surface area contributed by atoms with Crippen molar-refractivity contribution in [3.63, 3.8) is 0 Å².